The Morgan fingerprint density at radius 1 is 1.17 bits per heavy atom. The Balaban J connectivity index is 1.58. The van der Waals surface area contributed by atoms with E-state index in [-0.39, 0.29) is 12.0 Å². The van der Waals surface area contributed by atoms with Crippen LogP contribution in [0.25, 0.3) is 10.8 Å². The first-order valence-electron chi connectivity index (χ1n) is 10.2. The highest BCUT2D eigenvalue weighted by molar-refractivity contribution is 6.09. The average molecular weight is 407 g/mol. The molecular formula is C23H25N3O4. The Morgan fingerprint density at radius 3 is 2.83 bits per heavy atom. The zero-order chi connectivity index (χ0) is 20.9. The summed E-state index contributed by atoms with van der Waals surface area (Å²) in [6.45, 7) is 3.58. The summed E-state index contributed by atoms with van der Waals surface area (Å²) in [5, 5.41) is 1.91. The number of amides is 1. The lowest BCUT2D eigenvalue weighted by Crippen LogP contribution is -2.44. The molecule has 1 atom stereocenters. The molecule has 3 aromatic rings. The third kappa shape index (κ3) is 4.15. The van der Waals surface area contributed by atoms with E-state index in [2.05, 4.69) is 9.97 Å². The van der Waals surface area contributed by atoms with Crippen LogP contribution in [0.3, 0.4) is 0 Å². The summed E-state index contributed by atoms with van der Waals surface area (Å²) in [7, 11) is 1.54. The predicted octanol–water partition coefficient (Wildman–Crippen LogP) is 3.72. The Labute approximate surface area is 175 Å². The molecule has 7 nitrogen and oxygen atoms in total. The summed E-state index contributed by atoms with van der Waals surface area (Å²) in [4.78, 5) is 23.7. The van der Waals surface area contributed by atoms with Crippen molar-refractivity contribution in [2.75, 3.05) is 26.8 Å². The fraction of sp³-hybridized carbons (Fsp3) is 0.348. The molecule has 0 spiro atoms. The van der Waals surface area contributed by atoms with Gasteiger partial charge < -0.3 is 19.1 Å². The third-order valence-electron chi connectivity index (χ3n) is 5.16. The van der Waals surface area contributed by atoms with Crippen LogP contribution in [0.1, 0.15) is 30.1 Å². The standard InChI is InChI=1S/C23H25N3O4/c1-3-29-19-11-10-16-7-4-5-9-18(16)22(19)23(27)26-12-6-8-17(15-26)30-21-14-24-13-20(25-21)28-2/h4-5,7,9-11,13-14,17H,3,6,8,12,15H2,1-2H3. The van der Waals surface area contributed by atoms with Crippen LogP contribution in [0.5, 0.6) is 17.5 Å². The van der Waals surface area contributed by atoms with Gasteiger partial charge in [0.1, 0.15) is 11.9 Å². The maximum atomic E-state index is 13.6. The smallest absolute Gasteiger partial charge is 0.258 e. The molecule has 1 aliphatic rings. The number of rotatable bonds is 6. The molecule has 0 saturated carbocycles. The van der Waals surface area contributed by atoms with Crippen molar-refractivity contribution in [3.8, 4) is 17.5 Å². The number of nitrogens with zero attached hydrogens (tertiary/aromatic N) is 3. The minimum absolute atomic E-state index is 0.0414. The quantitative estimate of drug-likeness (QED) is 0.620. The SMILES string of the molecule is CCOc1ccc2ccccc2c1C(=O)N1CCCC(Oc2cncc(OC)n2)C1. The van der Waals surface area contributed by atoms with Gasteiger partial charge in [0.05, 0.1) is 38.2 Å². The summed E-state index contributed by atoms with van der Waals surface area (Å²) in [5.41, 5.74) is 0.608. The zero-order valence-electron chi connectivity index (χ0n) is 17.2. The number of hydrogen-bond acceptors (Lipinski definition) is 6. The van der Waals surface area contributed by atoms with Crippen LogP contribution in [-0.2, 0) is 0 Å². The summed E-state index contributed by atoms with van der Waals surface area (Å²) >= 11 is 0. The molecule has 4 rings (SSSR count). The third-order valence-corrected chi connectivity index (χ3v) is 5.16. The number of ether oxygens (including phenoxy) is 3. The van der Waals surface area contributed by atoms with E-state index in [0.717, 1.165) is 23.6 Å². The van der Waals surface area contributed by atoms with Gasteiger partial charge in [-0.25, -0.2) is 0 Å². The van der Waals surface area contributed by atoms with E-state index in [0.29, 0.717) is 42.8 Å². The highest BCUT2D eigenvalue weighted by Crippen LogP contribution is 2.30. The number of carbonyl (C=O) groups is 1. The molecule has 0 N–H and O–H groups in total. The highest BCUT2D eigenvalue weighted by Gasteiger charge is 2.29. The summed E-state index contributed by atoms with van der Waals surface area (Å²) in [6, 6.07) is 11.7. The van der Waals surface area contributed by atoms with Gasteiger partial charge in [-0.1, -0.05) is 30.3 Å². The van der Waals surface area contributed by atoms with E-state index in [4.69, 9.17) is 14.2 Å². The van der Waals surface area contributed by atoms with Gasteiger partial charge in [-0.2, -0.15) is 4.98 Å². The molecule has 0 bridgehead atoms. The van der Waals surface area contributed by atoms with Crippen LogP contribution in [0.4, 0.5) is 0 Å². The van der Waals surface area contributed by atoms with Crippen molar-refractivity contribution in [1.82, 2.24) is 14.9 Å². The lowest BCUT2D eigenvalue weighted by Gasteiger charge is -2.33. The molecular weight excluding hydrogens is 382 g/mol. The summed E-state index contributed by atoms with van der Waals surface area (Å²) in [6.07, 6.45) is 4.62. The predicted molar refractivity (Wildman–Crippen MR) is 113 cm³/mol. The number of methoxy groups -OCH3 is 1. The van der Waals surface area contributed by atoms with Gasteiger partial charge >= 0.3 is 0 Å². The van der Waals surface area contributed by atoms with Gasteiger partial charge in [-0.05, 0) is 36.6 Å². The van der Waals surface area contributed by atoms with Crippen LogP contribution < -0.4 is 14.2 Å². The van der Waals surface area contributed by atoms with Crippen LogP contribution >= 0.6 is 0 Å². The molecule has 1 fully saturated rings. The molecule has 1 saturated heterocycles. The summed E-state index contributed by atoms with van der Waals surface area (Å²) < 4.78 is 16.9. The monoisotopic (exact) mass is 407 g/mol. The molecule has 7 heteroatoms. The van der Waals surface area contributed by atoms with Crippen LogP contribution in [0.15, 0.2) is 48.8 Å². The van der Waals surface area contributed by atoms with Crippen molar-refractivity contribution >= 4 is 16.7 Å². The second-order valence-electron chi connectivity index (χ2n) is 7.13. The van der Waals surface area contributed by atoms with Gasteiger partial charge in [0.25, 0.3) is 5.91 Å². The number of carbonyl (C=O) groups excluding carboxylic acids is 1. The van der Waals surface area contributed by atoms with Crippen molar-refractivity contribution in [2.24, 2.45) is 0 Å². The van der Waals surface area contributed by atoms with E-state index >= 15 is 0 Å². The fourth-order valence-corrected chi connectivity index (χ4v) is 3.78. The Kier molecular flexibility index (Phi) is 5.97. The molecule has 2 aromatic carbocycles. The number of likely N-dealkylation sites (tertiary alicyclic amines) is 1. The molecule has 2 heterocycles. The number of aromatic nitrogens is 2. The maximum Gasteiger partial charge on any atom is 0.258 e. The van der Waals surface area contributed by atoms with Gasteiger partial charge in [-0.3, -0.25) is 9.78 Å². The topological polar surface area (TPSA) is 73.8 Å². The fourth-order valence-electron chi connectivity index (χ4n) is 3.78. The molecule has 1 aliphatic heterocycles. The molecule has 0 radical (unpaired) electrons. The number of hydrogen-bond donors (Lipinski definition) is 0. The number of piperidine rings is 1. The van der Waals surface area contributed by atoms with E-state index in [1.54, 1.807) is 6.20 Å². The maximum absolute atomic E-state index is 13.6. The minimum atomic E-state index is -0.158. The van der Waals surface area contributed by atoms with Crippen molar-refractivity contribution < 1.29 is 19.0 Å². The van der Waals surface area contributed by atoms with Crippen molar-refractivity contribution in [2.45, 2.75) is 25.9 Å². The van der Waals surface area contributed by atoms with E-state index < -0.39 is 0 Å². The van der Waals surface area contributed by atoms with Crippen molar-refractivity contribution in [3.63, 3.8) is 0 Å². The largest absolute Gasteiger partial charge is 0.493 e. The van der Waals surface area contributed by atoms with Gasteiger partial charge in [0.15, 0.2) is 0 Å². The Bertz CT molecular complexity index is 1040. The van der Waals surface area contributed by atoms with Gasteiger partial charge in [0, 0.05) is 6.54 Å². The van der Waals surface area contributed by atoms with E-state index in [9.17, 15) is 4.79 Å². The first-order valence-corrected chi connectivity index (χ1v) is 10.2. The van der Waals surface area contributed by atoms with Gasteiger partial charge in [-0.15, -0.1) is 0 Å². The number of benzene rings is 2. The Morgan fingerprint density at radius 2 is 2.00 bits per heavy atom. The second kappa shape index (κ2) is 8.98. The lowest BCUT2D eigenvalue weighted by atomic mass is 10.0. The molecule has 156 valence electrons. The Hall–Kier alpha value is -3.35. The molecule has 1 amide bonds. The van der Waals surface area contributed by atoms with Crippen LogP contribution in [0.2, 0.25) is 0 Å². The van der Waals surface area contributed by atoms with E-state index in [1.165, 1.54) is 13.3 Å². The number of fused-ring (bicyclic) bond motifs is 1. The molecule has 30 heavy (non-hydrogen) atoms. The van der Waals surface area contributed by atoms with Crippen LogP contribution in [0, 0.1) is 0 Å². The zero-order valence-corrected chi connectivity index (χ0v) is 17.2. The minimum Gasteiger partial charge on any atom is -0.493 e. The van der Waals surface area contributed by atoms with Crippen molar-refractivity contribution in [1.29, 1.82) is 0 Å². The van der Waals surface area contributed by atoms with Crippen LogP contribution in [-0.4, -0.2) is 53.7 Å². The first-order chi connectivity index (χ1) is 14.7. The van der Waals surface area contributed by atoms with Crippen molar-refractivity contribution in [3.05, 3.63) is 54.4 Å². The average Bonchev–Trinajstić information content (AvgIpc) is 2.79. The highest BCUT2D eigenvalue weighted by atomic mass is 16.5. The first kappa shape index (κ1) is 19.9. The second-order valence-corrected chi connectivity index (χ2v) is 7.13. The molecule has 0 aliphatic carbocycles. The van der Waals surface area contributed by atoms with Gasteiger partial charge in [0.2, 0.25) is 11.8 Å². The summed E-state index contributed by atoms with van der Waals surface area (Å²) in [5.74, 6) is 1.37. The lowest BCUT2D eigenvalue weighted by molar-refractivity contribution is 0.0523. The normalized spacial score (nSPS) is 16.3. The van der Waals surface area contributed by atoms with E-state index in [1.807, 2.05) is 48.2 Å². The molecule has 1 unspecified atom stereocenters. The molecule has 1 aromatic heterocycles.